The number of aromatic nitrogens is 2. The Morgan fingerprint density at radius 2 is 2.00 bits per heavy atom. The van der Waals surface area contributed by atoms with Gasteiger partial charge in [-0.15, -0.1) is 0 Å². The molecule has 0 N–H and O–H groups in total. The van der Waals surface area contributed by atoms with Crippen LogP contribution in [0.2, 0.25) is 0 Å². The highest BCUT2D eigenvalue weighted by Crippen LogP contribution is 2.08. The molecule has 0 radical (unpaired) electrons. The molecule has 0 unspecified atom stereocenters. The van der Waals surface area contributed by atoms with Crippen LogP contribution in [0.3, 0.4) is 0 Å². The van der Waals surface area contributed by atoms with Gasteiger partial charge in [0.05, 0.1) is 19.4 Å². The van der Waals surface area contributed by atoms with E-state index in [1.165, 1.54) is 5.56 Å². The summed E-state index contributed by atoms with van der Waals surface area (Å²) in [5.74, 6) is 0.411. The lowest BCUT2D eigenvalue weighted by molar-refractivity contribution is 0.0848. The first kappa shape index (κ1) is 11.2. The smallest absolute Gasteiger partial charge is 0.0521 e. The minimum absolute atomic E-state index is 0.411. The van der Waals surface area contributed by atoms with Gasteiger partial charge in [0, 0.05) is 33.4 Å². The zero-order valence-electron chi connectivity index (χ0n) is 9.06. The maximum Gasteiger partial charge on any atom is 0.0521 e. The molecule has 4 nitrogen and oxygen atoms in total. The van der Waals surface area contributed by atoms with E-state index >= 15 is 0 Å². The largest absolute Gasteiger partial charge is 0.384 e. The van der Waals surface area contributed by atoms with Gasteiger partial charge in [-0.2, -0.15) is 5.10 Å². The zero-order valence-corrected chi connectivity index (χ0v) is 9.06. The van der Waals surface area contributed by atoms with Crippen LogP contribution in [0.15, 0.2) is 12.4 Å². The number of ether oxygens (including phenoxy) is 2. The van der Waals surface area contributed by atoms with E-state index in [0.717, 1.165) is 19.6 Å². The van der Waals surface area contributed by atoms with Crippen molar-refractivity contribution in [2.45, 2.75) is 6.42 Å². The topological polar surface area (TPSA) is 36.3 Å². The molecule has 0 fully saturated rings. The summed E-state index contributed by atoms with van der Waals surface area (Å²) in [6.45, 7) is 1.45. The van der Waals surface area contributed by atoms with Gasteiger partial charge in [0.15, 0.2) is 0 Å². The summed E-state index contributed by atoms with van der Waals surface area (Å²) in [4.78, 5) is 0. The minimum atomic E-state index is 0.411. The fraction of sp³-hybridized carbons (Fsp3) is 0.700. The fourth-order valence-electron chi connectivity index (χ4n) is 1.55. The number of hydrogen-bond acceptors (Lipinski definition) is 3. The van der Waals surface area contributed by atoms with E-state index in [2.05, 4.69) is 5.10 Å². The molecule has 0 spiro atoms. The van der Waals surface area contributed by atoms with Gasteiger partial charge >= 0.3 is 0 Å². The lowest BCUT2D eigenvalue weighted by atomic mass is 10.0. The molecule has 1 aromatic heterocycles. The summed E-state index contributed by atoms with van der Waals surface area (Å²) < 4.78 is 12.1. The van der Waals surface area contributed by atoms with E-state index in [9.17, 15) is 0 Å². The van der Waals surface area contributed by atoms with Crippen LogP contribution < -0.4 is 0 Å². The molecular weight excluding hydrogens is 180 g/mol. The average molecular weight is 198 g/mol. The van der Waals surface area contributed by atoms with Crippen LogP contribution in [0.25, 0.3) is 0 Å². The number of nitrogens with zero attached hydrogens (tertiary/aromatic N) is 2. The van der Waals surface area contributed by atoms with Crippen LogP contribution in [0.5, 0.6) is 0 Å². The van der Waals surface area contributed by atoms with Crippen molar-refractivity contribution < 1.29 is 9.47 Å². The van der Waals surface area contributed by atoms with Crippen molar-refractivity contribution in [1.29, 1.82) is 0 Å². The van der Waals surface area contributed by atoms with Crippen molar-refractivity contribution >= 4 is 0 Å². The summed E-state index contributed by atoms with van der Waals surface area (Å²) >= 11 is 0. The van der Waals surface area contributed by atoms with Gasteiger partial charge < -0.3 is 9.47 Å². The lowest BCUT2D eigenvalue weighted by Crippen LogP contribution is -2.16. The van der Waals surface area contributed by atoms with E-state index < -0.39 is 0 Å². The molecule has 0 aliphatic carbocycles. The first-order valence-electron chi connectivity index (χ1n) is 4.71. The number of rotatable bonds is 6. The molecule has 1 rings (SSSR count). The molecule has 4 heteroatoms. The Kier molecular flexibility index (Phi) is 4.62. The van der Waals surface area contributed by atoms with Gasteiger partial charge in [0.25, 0.3) is 0 Å². The molecule has 0 bridgehead atoms. The summed E-state index contributed by atoms with van der Waals surface area (Å²) in [7, 11) is 5.35. The van der Waals surface area contributed by atoms with Crippen LogP contribution in [-0.4, -0.2) is 37.2 Å². The molecular formula is C10H18N2O2. The van der Waals surface area contributed by atoms with Gasteiger partial charge in [-0.1, -0.05) is 0 Å². The van der Waals surface area contributed by atoms with Crippen LogP contribution in [0.4, 0.5) is 0 Å². The third-order valence-corrected chi connectivity index (χ3v) is 2.09. The molecule has 0 aliphatic heterocycles. The standard InChI is InChI=1S/C10H18N2O2/c1-12-6-9(5-11-12)4-10(7-13-2)8-14-3/h5-6,10H,4,7-8H2,1-3H3. The molecule has 1 heterocycles. The highest BCUT2D eigenvalue weighted by Gasteiger charge is 2.10. The third-order valence-electron chi connectivity index (χ3n) is 2.09. The summed E-state index contributed by atoms with van der Waals surface area (Å²) in [6, 6.07) is 0. The second-order valence-electron chi connectivity index (χ2n) is 3.50. The normalized spacial score (nSPS) is 11.1. The summed E-state index contributed by atoms with van der Waals surface area (Å²) in [5, 5.41) is 4.12. The van der Waals surface area contributed by atoms with Crippen LogP contribution in [0.1, 0.15) is 5.56 Å². The average Bonchev–Trinajstić information content (AvgIpc) is 2.52. The number of methoxy groups -OCH3 is 2. The van der Waals surface area contributed by atoms with E-state index in [0.29, 0.717) is 5.92 Å². The highest BCUT2D eigenvalue weighted by molar-refractivity contribution is 5.04. The van der Waals surface area contributed by atoms with E-state index in [-0.39, 0.29) is 0 Å². The SMILES string of the molecule is COCC(COC)Cc1cnn(C)c1. The zero-order chi connectivity index (χ0) is 10.4. The van der Waals surface area contributed by atoms with Gasteiger partial charge in [0.2, 0.25) is 0 Å². The van der Waals surface area contributed by atoms with Gasteiger partial charge in [-0.05, 0) is 12.0 Å². The monoisotopic (exact) mass is 198 g/mol. The molecule has 80 valence electrons. The van der Waals surface area contributed by atoms with Gasteiger partial charge in [-0.3, -0.25) is 4.68 Å². The van der Waals surface area contributed by atoms with Crippen molar-refractivity contribution in [2.75, 3.05) is 27.4 Å². The predicted octanol–water partition coefficient (Wildman–Crippen LogP) is 0.872. The molecule has 0 atom stereocenters. The maximum absolute atomic E-state index is 5.13. The van der Waals surface area contributed by atoms with Crippen LogP contribution >= 0.6 is 0 Å². The Morgan fingerprint density at radius 1 is 1.36 bits per heavy atom. The van der Waals surface area contributed by atoms with Crippen molar-refractivity contribution in [3.05, 3.63) is 18.0 Å². The Hall–Kier alpha value is -0.870. The fourth-order valence-corrected chi connectivity index (χ4v) is 1.55. The van der Waals surface area contributed by atoms with Crippen molar-refractivity contribution in [1.82, 2.24) is 9.78 Å². The third kappa shape index (κ3) is 3.47. The molecule has 0 amide bonds. The molecule has 14 heavy (non-hydrogen) atoms. The highest BCUT2D eigenvalue weighted by atomic mass is 16.5. The Morgan fingerprint density at radius 3 is 2.43 bits per heavy atom. The predicted molar refractivity (Wildman–Crippen MR) is 54.2 cm³/mol. The summed E-state index contributed by atoms with van der Waals surface area (Å²) in [6.07, 6.45) is 4.87. The van der Waals surface area contributed by atoms with Gasteiger partial charge in [0.1, 0.15) is 0 Å². The Balaban J connectivity index is 2.46. The molecule has 1 aromatic rings. The lowest BCUT2D eigenvalue weighted by Gasteiger charge is -2.13. The van der Waals surface area contributed by atoms with Crippen molar-refractivity contribution in [2.24, 2.45) is 13.0 Å². The molecule has 0 aromatic carbocycles. The van der Waals surface area contributed by atoms with Crippen molar-refractivity contribution in [3.63, 3.8) is 0 Å². The minimum Gasteiger partial charge on any atom is -0.384 e. The van der Waals surface area contributed by atoms with Crippen molar-refractivity contribution in [3.8, 4) is 0 Å². The van der Waals surface area contributed by atoms with Crippen LogP contribution in [0, 0.1) is 5.92 Å². The second kappa shape index (κ2) is 5.78. The van der Waals surface area contributed by atoms with E-state index in [4.69, 9.17) is 9.47 Å². The quantitative estimate of drug-likeness (QED) is 0.680. The Labute approximate surface area is 84.8 Å². The number of hydrogen-bond donors (Lipinski definition) is 0. The van der Waals surface area contributed by atoms with Gasteiger partial charge in [-0.25, -0.2) is 0 Å². The van der Waals surface area contributed by atoms with E-state index in [1.807, 2.05) is 24.1 Å². The molecule has 0 saturated carbocycles. The van der Waals surface area contributed by atoms with Crippen LogP contribution in [-0.2, 0) is 22.9 Å². The van der Waals surface area contributed by atoms with E-state index in [1.54, 1.807) is 14.2 Å². The first-order valence-corrected chi connectivity index (χ1v) is 4.71. The number of aryl methyl sites for hydroxylation is 1. The maximum atomic E-state index is 5.13. The molecule has 0 aliphatic rings. The summed E-state index contributed by atoms with van der Waals surface area (Å²) in [5.41, 5.74) is 1.23. The second-order valence-corrected chi connectivity index (χ2v) is 3.50. The Bertz CT molecular complexity index is 254. The molecule has 0 saturated heterocycles. The first-order chi connectivity index (χ1) is 6.76.